The van der Waals surface area contributed by atoms with Crippen LogP contribution in [0.25, 0.3) is 16.9 Å². The second-order valence-electron chi connectivity index (χ2n) is 4.58. The minimum Gasteiger partial charge on any atom is -0.497 e. The van der Waals surface area contributed by atoms with Gasteiger partial charge in [0.05, 0.1) is 14.2 Å². The van der Waals surface area contributed by atoms with E-state index in [0.717, 1.165) is 5.56 Å². The number of pyridine rings is 1. The van der Waals surface area contributed by atoms with Crippen LogP contribution in [0.15, 0.2) is 42.7 Å². The van der Waals surface area contributed by atoms with Gasteiger partial charge in [-0.15, -0.1) is 5.10 Å². The van der Waals surface area contributed by atoms with Gasteiger partial charge >= 0.3 is 0 Å². The molecule has 0 saturated carbocycles. The van der Waals surface area contributed by atoms with Crippen LogP contribution in [0.4, 0.5) is 0 Å². The molecule has 0 atom stereocenters. The van der Waals surface area contributed by atoms with Crippen molar-refractivity contribution in [2.75, 3.05) is 14.2 Å². The first kappa shape index (κ1) is 14.5. The molecular weight excluding hydrogens is 294 g/mol. The molecule has 0 aliphatic carbocycles. The molecule has 0 N–H and O–H groups in total. The van der Waals surface area contributed by atoms with Gasteiger partial charge in [-0.2, -0.15) is 5.26 Å². The Kier molecular flexibility index (Phi) is 3.89. The average molecular weight is 307 g/mol. The van der Waals surface area contributed by atoms with Gasteiger partial charge in [0.2, 0.25) is 0 Å². The van der Waals surface area contributed by atoms with Crippen molar-refractivity contribution >= 4 is 0 Å². The topological polar surface area (TPSA) is 85.9 Å². The van der Waals surface area contributed by atoms with Crippen LogP contribution in [0, 0.1) is 11.3 Å². The predicted octanol–water partition coefficient (Wildman–Crippen LogP) is 2.22. The zero-order valence-corrected chi connectivity index (χ0v) is 12.6. The average Bonchev–Trinajstić information content (AvgIpc) is 3.05. The van der Waals surface area contributed by atoms with E-state index in [1.807, 2.05) is 0 Å². The zero-order chi connectivity index (χ0) is 16.2. The summed E-state index contributed by atoms with van der Waals surface area (Å²) >= 11 is 0. The molecule has 114 valence electrons. The van der Waals surface area contributed by atoms with Crippen LogP contribution < -0.4 is 9.47 Å². The lowest BCUT2D eigenvalue weighted by molar-refractivity contribution is 0.400. The van der Waals surface area contributed by atoms with E-state index in [-0.39, 0.29) is 5.69 Å². The molecule has 0 radical (unpaired) electrons. The van der Waals surface area contributed by atoms with E-state index in [1.54, 1.807) is 61.6 Å². The molecule has 1 aromatic carbocycles. The molecule has 3 aromatic rings. The van der Waals surface area contributed by atoms with E-state index in [1.165, 1.54) is 0 Å². The van der Waals surface area contributed by atoms with Crippen molar-refractivity contribution in [2.45, 2.75) is 0 Å². The Bertz CT molecular complexity index is 868. The van der Waals surface area contributed by atoms with Crippen molar-refractivity contribution in [3.63, 3.8) is 0 Å². The lowest BCUT2D eigenvalue weighted by Crippen LogP contribution is -2.03. The highest BCUT2D eigenvalue weighted by Gasteiger charge is 2.19. The predicted molar refractivity (Wildman–Crippen MR) is 82.4 cm³/mol. The van der Waals surface area contributed by atoms with E-state index >= 15 is 0 Å². The third kappa shape index (κ3) is 2.58. The number of rotatable bonds is 4. The molecule has 3 rings (SSSR count). The maximum absolute atomic E-state index is 9.33. The van der Waals surface area contributed by atoms with E-state index in [2.05, 4.69) is 21.4 Å². The first-order valence-electron chi connectivity index (χ1n) is 6.77. The molecule has 23 heavy (non-hydrogen) atoms. The van der Waals surface area contributed by atoms with Crippen LogP contribution in [-0.4, -0.2) is 34.2 Å². The third-order valence-corrected chi connectivity index (χ3v) is 3.34. The molecule has 0 unspecified atom stereocenters. The van der Waals surface area contributed by atoms with Gasteiger partial charge in [-0.25, -0.2) is 4.68 Å². The van der Waals surface area contributed by atoms with E-state index in [9.17, 15) is 5.26 Å². The van der Waals surface area contributed by atoms with E-state index in [0.29, 0.717) is 22.9 Å². The highest BCUT2D eigenvalue weighted by Crippen LogP contribution is 2.31. The molecule has 0 amide bonds. The smallest absolute Gasteiger partial charge is 0.191 e. The number of hydrogen-bond acceptors (Lipinski definition) is 6. The number of methoxy groups -OCH3 is 2. The Morgan fingerprint density at radius 3 is 2.52 bits per heavy atom. The highest BCUT2D eigenvalue weighted by molar-refractivity contribution is 5.68. The van der Waals surface area contributed by atoms with Crippen LogP contribution in [0.2, 0.25) is 0 Å². The Morgan fingerprint density at radius 1 is 1.09 bits per heavy atom. The summed E-state index contributed by atoms with van der Waals surface area (Å²) in [5.74, 6) is 1.24. The Labute approximate surface area is 132 Å². The van der Waals surface area contributed by atoms with Gasteiger partial charge < -0.3 is 9.47 Å². The fourth-order valence-corrected chi connectivity index (χ4v) is 2.26. The fraction of sp³-hybridized carbons (Fsp3) is 0.125. The number of ether oxygens (including phenoxy) is 2. The molecule has 0 saturated heterocycles. The minimum absolute atomic E-state index is 0.223. The lowest BCUT2D eigenvalue weighted by Gasteiger charge is -2.12. The summed E-state index contributed by atoms with van der Waals surface area (Å²) in [7, 11) is 3.15. The minimum atomic E-state index is 0.223. The second-order valence-corrected chi connectivity index (χ2v) is 4.58. The van der Waals surface area contributed by atoms with E-state index in [4.69, 9.17) is 9.47 Å². The summed E-state index contributed by atoms with van der Waals surface area (Å²) in [4.78, 5) is 4.00. The second kappa shape index (κ2) is 6.15. The molecule has 0 aliphatic rings. The number of benzene rings is 1. The lowest BCUT2D eigenvalue weighted by atomic mass is 10.1. The maximum Gasteiger partial charge on any atom is 0.191 e. The van der Waals surface area contributed by atoms with Crippen LogP contribution >= 0.6 is 0 Å². The molecule has 0 fully saturated rings. The molecule has 2 heterocycles. The standard InChI is InChI=1S/C16H13N5O2/c1-22-12-3-4-15(23-2)14(9-12)21-16(13(10-17)19-20-21)11-5-7-18-8-6-11/h3-9H,1-2H3. The van der Waals surface area contributed by atoms with Crippen molar-refractivity contribution < 1.29 is 9.47 Å². The maximum atomic E-state index is 9.33. The Balaban J connectivity index is 2.27. The van der Waals surface area contributed by atoms with Crippen molar-refractivity contribution in [2.24, 2.45) is 0 Å². The summed E-state index contributed by atoms with van der Waals surface area (Å²) in [6, 6.07) is 11.0. The third-order valence-electron chi connectivity index (χ3n) is 3.34. The Morgan fingerprint density at radius 2 is 1.87 bits per heavy atom. The number of nitriles is 1. The van der Waals surface area contributed by atoms with Crippen LogP contribution in [0.3, 0.4) is 0 Å². The fourth-order valence-electron chi connectivity index (χ4n) is 2.26. The quantitative estimate of drug-likeness (QED) is 0.734. The summed E-state index contributed by atoms with van der Waals surface area (Å²) in [5, 5.41) is 17.4. The highest BCUT2D eigenvalue weighted by atomic mass is 16.5. The van der Waals surface area contributed by atoms with Gasteiger partial charge in [0.1, 0.15) is 28.9 Å². The molecule has 0 spiro atoms. The molecule has 2 aromatic heterocycles. The molecule has 7 nitrogen and oxygen atoms in total. The number of nitrogens with zero attached hydrogens (tertiary/aromatic N) is 5. The monoisotopic (exact) mass is 307 g/mol. The molecular formula is C16H13N5O2. The van der Waals surface area contributed by atoms with Crippen LogP contribution in [0.5, 0.6) is 11.5 Å². The largest absolute Gasteiger partial charge is 0.497 e. The van der Waals surface area contributed by atoms with Gasteiger partial charge in [-0.05, 0) is 24.3 Å². The summed E-state index contributed by atoms with van der Waals surface area (Å²) in [6.45, 7) is 0. The van der Waals surface area contributed by atoms with Crippen LogP contribution in [-0.2, 0) is 0 Å². The Hall–Kier alpha value is -3.40. The number of hydrogen-bond donors (Lipinski definition) is 0. The summed E-state index contributed by atoms with van der Waals surface area (Å²) in [5.41, 5.74) is 2.21. The van der Waals surface area contributed by atoms with Gasteiger partial charge in [-0.3, -0.25) is 4.98 Å². The SMILES string of the molecule is COc1ccc(OC)c(-n2nnc(C#N)c2-c2ccncc2)c1. The van der Waals surface area contributed by atoms with Gasteiger partial charge in [-0.1, -0.05) is 5.21 Å². The molecule has 0 aliphatic heterocycles. The van der Waals surface area contributed by atoms with Crippen molar-refractivity contribution in [3.8, 4) is 34.5 Å². The van der Waals surface area contributed by atoms with Crippen molar-refractivity contribution in [1.82, 2.24) is 20.0 Å². The first-order chi connectivity index (χ1) is 11.3. The van der Waals surface area contributed by atoms with E-state index < -0.39 is 0 Å². The summed E-state index contributed by atoms with van der Waals surface area (Å²) in [6.07, 6.45) is 3.30. The first-order valence-corrected chi connectivity index (χ1v) is 6.77. The van der Waals surface area contributed by atoms with Crippen molar-refractivity contribution in [3.05, 3.63) is 48.4 Å². The van der Waals surface area contributed by atoms with Gasteiger partial charge in [0.15, 0.2) is 5.69 Å². The summed E-state index contributed by atoms with van der Waals surface area (Å²) < 4.78 is 12.2. The zero-order valence-electron chi connectivity index (χ0n) is 12.6. The number of aromatic nitrogens is 4. The molecule has 7 heteroatoms. The normalized spacial score (nSPS) is 10.1. The van der Waals surface area contributed by atoms with Gasteiger partial charge in [0.25, 0.3) is 0 Å². The van der Waals surface area contributed by atoms with Gasteiger partial charge in [0, 0.05) is 24.0 Å². The van der Waals surface area contributed by atoms with Crippen molar-refractivity contribution in [1.29, 1.82) is 5.26 Å². The molecule has 0 bridgehead atoms. The van der Waals surface area contributed by atoms with Crippen LogP contribution in [0.1, 0.15) is 5.69 Å².